The van der Waals surface area contributed by atoms with Gasteiger partial charge < -0.3 is 4.90 Å². The van der Waals surface area contributed by atoms with E-state index < -0.39 is 0 Å². The Kier molecular flexibility index (Phi) is 3.74. The maximum absolute atomic E-state index is 13.1. The molecule has 0 aliphatic carbocycles. The van der Waals surface area contributed by atoms with Crippen molar-refractivity contribution in [1.82, 2.24) is 15.1 Å². The van der Waals surface area contributed by atoms with E-state index in [1.807, 2.05) is 40.6 Å². The second-order valence-electron chi connectivity index (χ2n) is 7.13. The maximum Gasteiger partial charge on any atom is 0.273 e. The fourth-order valence-corrected chi connectivity index (χ4v) is 4.33. The average molecular weight is 372 g/mol. The third kappa shape index (κ3) is 2.58. The van der Waals surface area contributed by atoms with E-state index in [0.29, 0.717) is 10.7 Å². The monoisotopic (exact) mass is 371 g/mol. The lowest BCUT2D eigenvalue weighted by Crippen LogP contribution is -2.44. The van der Waals surface area contributed by atoms with Crippen molar-refractivity contribution in [2.45, 2.75) is 32.4 Å². The number of amides is 1. The SMILES string of the molecule is CC(C)(C)N1C(=O)c2[nH]nc(-c3ccc(Cl)cc3)c2C1c1cccs1. The van der Waals surface area contributed by atoms with Crippen LogP contribution in [0.5, 0.6) is 0 Å². The molecule has 128 valence electrons. The third-order valence-corrected chi connectivity index (χ3v) is 5.60. The van der Waals surface area contributed by atoms with Crippen LogP contribution in [-0.4, -0.2) is 26.5 Å². The van der Waals surface area contributed by atoms with Gasteiger partial charge >= 0.3 is 0 Å². The van der Waals surface area contributed by atoms with Crippen LogP contribution in [0.25, 0.3) is 11.3 Å². The highest BCUT2D eigenvalue weighted by molar-refractivity contribution is 7.10. The molecule has 0 fully saturated rings. The fourth-order valence-electron chi connectivity index (χ4n) is 3.38. The van der Waals surface area contributed by atoms with Crippen molar-refractivity contribution in [3.8, 4) is 11.3 Å². The summed E-state index contributed by atoms with van der Waals surface area (Å²) in [5, 5.41) is 10.1. The highest BCUT2D eigenvalue weighted by Crippen LogP contribution is 2.46. The molecular weight excluding hydrogens is 354 g/mol. The van der Waals surface area contributed by atoms with Gasteiger partial charge in [0, 0.05) is 26.6 Å². The zero-order chi connectivity index (χ0) is 17.8. The van der Waals surface area contributed by atoms with E-state index in [2.05, 4.69) is 37.0 Å². The number of carbonyl (C=O) groups excluding carboxylic acids is 1. The van der Waals surface area contributed by atoms with E-state index >= 15 is 0 Å². The van der Waals surface area contributed by atoms with Crippen molar-refractivity contribution in [3.63, 3.8) is 0 Å². The van der Waals surface area contributed by atoms with Gasteiger partial charge in [0.05, 0.1) is 11.7 Å². The summed E-state index contributed by atoms with van der Waals surface area (Å²) in [5.74, 6) is -0.00591. The van der Waals surface area contributed by atoms with E-state index in [-0.39, 0.29) is 17.5 Å². The zero-order valence-corrected chi connectivity index (χ0v) is 15.8. The Morgan fingerprint density at radius 3 is 2.52 bits per heavy atom. The van der Waals surface area contributed by atoms with Crippen LogP contribution in [0.3, 0.4) is 0 Å². The minimum absolute atomic E-state index is 0.00591. The predicted molar refractivity (Wildman–Crippen MR) is 101 cm³/mol. The van der Waals surface area contributed by atoms with Crippen LogP contribution < -0.4 is 0 Å². The van der Waals surface area contributed by atoms with Gasteiger partial charge in [-0.2, -0.15) is 5.10 Å². The smallest absolute Gasteiger partial charge is 0.273 e. The molecule has 3 aromatic rings. The standard InChI is InChI=1S/C19H18ClN3OS/c1-19(2,3)23-17(13-5-4-10-25-13)14-15(21-22-16(14)18(23)24)11-6-8-12(20)9-7-11/h4-10,17H,1-3H3,(H,21,22). The van der Waals surface area contributed by atoms with Crippen molar-refractivity contribution in [3.05, 3.63) is 62.9 Å². The maximum atomic E-state index is 13.1. The number of aromatic nitrogens is 2. The van der Waals surface area contributed by atoms with Crippen molar-refractivity contribution < 1.29 is 4.79 Å². The first-order valence-electron chi connectivity index (χ1n) is 8.09. The van der Waals surface area contributed by atoms with Crippen LogP contribution in [0.4, 0.5) is 0 Å². The quantitative estimate of drug-likeness (QED) is 0.678. The average Bonchev–Trinajstić information content (AvgIpc) is 3.25. The summed E-state index contributed by atoms with van der Waals surface area (Å²) in [4.78, 5) is 16.2. The number of carbonyl (C=O) groups is 1. The van der Waals surface area contributed by atoms with Crippen molar-refractivity contribution >= 4 is 28.8 Å². The largest absolute Gasteiger partial charge is 0.320 e. The molecule has 2 aromatic heterocycles. The Hall–Kier alpha value is -2.11. The first kappa shape index (κ1) is 16.4. The van der Waals surface area contributed by atoms with E-state index in [1.54, 1.807) is 11.3 Å². The Bertz CT molecular complexity index is 923. The normalized spacial score (nSPS) is 17.2. The zero-order valence-electron chi connectivity index (χ0n) is 14.2. The summed E-state index contributed by atoms with van der Waals surface area (Å²) < 4.78 is 0. The number of thiophene rings is 1. The number of rotatable bonds is 2. The van der Waals surface area contributed by atoms with Gasteiger partial charge in [0.25, 0.3) is 5.91 Å². The third-order valence-electron chi connectivity index (χ3n) is 4.42. The van der Waals surface area contributed by atoms with E-state index in [9.17, 15) is 4.79 Å². The minimum atomic E-state index is -0.303. The molecule has 1 N–H and O–H groups in total. The lowest BCUT2D eigenvalue weighted by Gasteiger charge is -2.37. The molecule has 0 spiro atoms. The second kappa shape index (κ2) is 5.71. The molecule has 1 aliphatic rings. The van der Waals surface area contributed by atoms with Crippen LogP contribution in [0.2, 0.25) is 5.02 Å². The van der Waals surface area contributed by atoms with Crippen LogP contribution >= 0.6 is 22.9 Å². The topological polar surface area (TPSA) is 49.0 Å². The van der Waals surface area contributed by atoms with Crippen LogP contribution in [0.15, 0.2) is 41.8 Å². The molecule has 3 heterocycles. The molecule has 1 amide bonds. The molecule has 4 nitrogen and oxygen atoms in total. The highest BCUT2D eigenvalue weighted by atomic mass is 35.5. The molecule has 1 aliphatic heterocycles. The van der Waals surface area contributed by atoms with Gasteiger partial charge in [0.2, 0.25) is 0 Å². The summed E-state index contributed by atoms with van der Waals surface area (Å²) in [6.45, 7) is 6.19. The lowest BCUT2D eigenvalue weighted by atomic mass is 9.98. The van der Waals surface area contributed by atoms with E-state index in [1.165, 1.54) is 0 Å². The van der Waals surface area contributed by atoms with Crippen molar-refractivity contribution in [2.24, 2.45) is 0 Å². The molecular formula is C19H18ClN3OS. The minimum Gasteiger partial charge on any atom is -0.320 e. The number of aromatic amines is 1. The number of hydrogen-bond donors (Lipinski definition) is 1. The molecule has 1 atom stereocenters. The summed E-state index contributed by atoms with van der Waals surface area (Å²) in [6.07, 6.45) is 0. The first-order chi connectivity index (χ1) is 11.9. The Morgan fingerprint density at radius 1 is 1.20 bits per heavy atom. The van der Waals surface area contributed by atoms with Gasteiger partial charge in [-0.15, -0.1) is 11.3 Å². The van der Waals surface area contributed by atoms with Gasteiger partial charge in [-0.05, 0) is 44.4 Å². The number of nitrogens with zero attached hydrogens (tertiary/aromatic N) is 2. The van der Waals surface area contributed by atoms with Crippen LogP contribution in [0, 0.1) is 0 Å². The lowest BCUT2D eigenvalue weighted by molar-refractivity contribution is 0.0550. The number of hydrogen-bond acceptors (Lipinski definition) is 3. The molecule has 0 radical (unpaired) electrons. The number of benzene rings is 1. The predicted octanol–water partition coefficient (Wildman–Crippen LogP) is 5.14. The summed E-state index contributed by atoms with van der Waals surface area (Å²) in [5.41, 5.74) is 2.99. The first-order valence-corrected chi connectivity index (χ1v) is 9.35. The van der Waals surface area contributed by atoms with E-state index in [4.69, 9.17) is 11.6 Å². The van der Waals surface area contributed by atoms with Crippen molar-refractivity contribution in [2.75, 3.05) is 0 Å². The Morgan fingerprint density at radius 2 is 1.92 bits per heavy atom. The molecule has 4 rings (SSSR count). The summed E-state index contributed by atoms with van der Waals surface area (Å²) in [6, 6.07) is 11.5. The van der Waals surface area contributed by atoms with Gasteiger partial charge in [0.15, 0.2) is 0 Å². The summed E-state index contributed by atoms with van der Waals surface area (Å²) in [7, 11) is 0. The molecule has 25 heavy (non-hydrogen) atoms. The highest BCUT2D eigenvalue weighted by Gasteiger charge is 2.47. The molecule has 1 aromatic carbocycles. The molecule has 6 heteroatoms. The number of halogens is 1. The van der Waals surface area contributed by atoms with Gasteiger partial charge in [-0.25, -0.2) is 0 Å². The molecule has 0 saturated carbocycles. The fraction of sp³-hybridized carbons (Fsp3) is 0.263. The van der Waals surface area contributed by atoms with Crippen LogP contribution in [-0.2, 0) is 0 Å². The summed E-state index contributed by atoms with van der Waals surface area (Å²) >= 11 is 7.68. The van der Waals surface area contributed by atoms with Gasteiger partial charge in [0.1, 0.15) is 5.69 Å². The number of H-pyrrole nitrogens is 1. The number of fused-ring (bicyclic) bond motifs is 1. The number of nitrogens with one attached hydrogen (secondary N) is 1. The van der Waals surface area contributed by atoms with E-state index in [0.717, 1.165) is 21.7 Å². The van der Waals surface area contributed by atoms with Crippen molar-refractivity contribution in [1.29, 1.82) is 0 Å². The van der Waals surface area contributed by atoms with Gasteiger partial charge in [-0.1, -0.05) is 29.8 Å². The van der Waals surface area contributed by atoms with Gasteiger partial charge in [-0.3, -0.25) is 9.89 Å². The Balaban J connectivity index is 1.92. The molecule has 0 bridgehead atoms. The second-order valence-corrected chi connectivity index (χ2v) is 8.55. The molecule has 0 saturated heterocycles. The van der Waals surface area contributed by atoms with Crippen LogP contribution in [0.1, 0.15) is 47.7 Å². The Labute approximate surface area is 155 Å². The molecule has 1 unspecified atom stereocenters.